The Morgan fingerprint density at radius 3 is 2.96 bits per heavy atom. The Balaban J connectivity index is 1.57. The molecule has 0 radical (unpaired) electrons. The number of imidazole rings is 1. The molecule has 1 N–H and O–H groups in total. The van der Waals surface area contributed by atoms with Crippen molar-refractivity contribution in [2.45, 2.75) is 0 Å². The van der Waals surface area contributed by atoms with Crippen LogP contribution in [0.1, 0.15) is 5.56 Å². The van der Waals surface area contributed by atoms with E-state index in [1.807, 2.05) is 58.6 Å². The fraction of sp³-hybridized carbons (Fsp3) is 0. The summed E-state index contributed by atoms with van der Waals surface area (Å²) < 4.78 is 1.97. The molecule has 4 rings (SSSR count). The van der Waals surface area contributed by atoms with Gasteiger partial charge >= 0.3 is 0 Å². The number of para-hydroxylation sites is 1. The molecule has 0 aliphatic heterocycles. The fourth-order valence-electron chi connectivity index (χ4n) is 2.49. The van der Waals surface area contributed by atoms with Gasteiger partial charge in [0.15, 0.2) is 4.96 Å². The van der Waals surface area contributed by atoms with Gasteiger partial charge in [-0.25, -0.2) is 4.98 Å². The maximum Gasteiger partial charge on any atom is 0.248 e. The zero-order valence-corrected chi connectivity index (χ0v) is 14.0. The van der Waals surface area contributed by atoms with Crippen molar-refractivity contribution in [1.82, 2.24) is 14.4 Å². The molecule has 6 heteroatoms. The van der Waals surface area contributed by atoms with E-state index >= 15 is 0 Å². The number of aromatic nitrogens is 3. The highest BCUT2D eigenvalue weighted by molar-refractivity contribution is 7.15. The lowest BCUT2D eigenvalue weighted by Crippen LogP contribution is -2.08. The average molecular weight is 346 g/mol. The topological polar surface area (TPSA) is 59.3 Å². The third-order valence-electron chi connectivity index (χ3n) is 3.67. The first-order chi connectivity index (χ1) is 12.3. The molecule has 0 atom stereocenters. The molecule has 3 heterocycles. The summed E-state index contributed by atoms with van der Waals surface area (Å²) in [5, 5.41) is 4.91. The lowest BCUT2D eigenvalue weighted by atomic mass is 10.1. The van der Waals surface area contributed by atoms with Gasteiger partial charge in [-0.1, -0.05) is 24.3 Å². The standard InChI is InChI=1S/C19H14N4OS/c24-18(8-7-14-4-3-9-20-12-14)21-16-6-2-1-5-15(16)17-13-23-10-11-25-19(23)22-17/h1-13H,(H,21,24)/b8-7+. The van der Waals surface area contributed by atoms with Crippen LogP contribution in [0.25, 0.3) is 22.3 Å². The van der Waals surface area contributed by atoms with Gasteiger partial charge in [0.1, 0.15) is 0 Å². The van der Waals surface area contributed by atoms with Gasteiger partial charge in [0, 0.05) is 41.8 Å². The quantitative estimate of drug-likeness (QED) is 0.566. The average Bonchev–Trinajstić information content (AvgIpc) is 3.23. The molecule has 1 amide bonds. The highest BCUT2D eigenvalue weighted by Crippen LogP contribution is 2.28. The number of carbonyl (C=O) groups is 1. The minimum atomic E-state index is -0.197. The number of anilines is 1. The molecule has 1 aromatic carbocycles. The molecule has 0 spiro atoms. The second kappa shape index (κ2) is 6.70. The van der Waals surface area contributed by atoms with Gasteiger partial charge in [-0.3, -0.25) is 14.2 Å². The number of fused-ring (bicyclic) bond motifs is 1. The number of rotatable bonds is 4. The number of benzene rings is 1. The van der Waals surface area contributed by atoms with Gasteiger partial charge in [0.2, 0.25) is 5.91 Å². The summed E-state index contributed by atoms with van der Waals surface area (Å²) in [6, 6.07) is 11.4. The highest BCUT2D eigenvalue weighted by Gasteiger charge is 2.10. The van der Waals surface area contributed by atoms with Crippen molar-refractivity contribution in [3.63, 3.8) is 0 Å². The Morgan fingerprint density at radius 2 is 2.12 bits per heavy atom. The Labute approximate surface area is 148 Å². The highest BCUT2D eigenvalue weighted by atomic mass is 32.1. The SMILES string of the molecule is O=C(/C=C/c1cccnc1)Nc1ccccc1-c1cn2ccsc2n1. The third-order valence-corrected chi connectivity index (χ3v) is 4.44. The van der Waals surface area contributed by atoms with Crippen LogP contribution in [0.3, 0.4) is 0 Å². The Hall–Kier alpha value is -3.25. The van der Waals surface area contributed by atoms with Crippen LogP contribution in [0, 0.1) is 0 Å². The number of nitrogens with one attached hydrogen (secondary N) is 1. The molecule has 0 aliphatic rings. The number of nitrogens with zero attached hydrogens (tertiary/aromatic N) is 3. The van der Waals surface area contributed by atoms with Crippen molar-refractivity contribution < 1.29 is 4.79 Å². The third kappa shape index (κ3) is 3.34. The van der Waals surface area contributed by atoms with Gasteiger partial charge in [-0.05, 0) is 23.8 Å². The predicted molar refractivity (Wildman–Crippen MR) is 100 cm³/mol. The summed E-state index contributed by atoms with van der Waals surface area (Å²) in [5.41, 5.74) is 3.33. The van der Waals surface area contributed by atoms with E-state index in [2.05, 4.69) is 15.3 Å². The number of hydrogen-bond acceptors (Lipinski definition) is 4. The van der Waals surface area contributed by atoms with E-state index in [4.69, 9.17) is 0 Å². The zero-order valence-electron chi connectivity index (χ0n) is 13.2. The summed E-state index contributed by atoms with van der Waals surface area (Å²) in [6.07, 6.45) is 10.6. The molecule has 0 fully saturated rings. The van der Waals surface area contributed by atoms with E-state index in [1.54, 1.807) is 29.8 Å². The summed E-state index contributed by atoms with van der Waals surface area (Å²) in [4.78, 5) is 21.8. The monoisotopic (exact) mass is 346 g/mol. The smallest absolute Gasteiger partial charge is 0.248 e. The van der Waals surface area contributed by atoms with Crippen LogP contribution < -0.4 is 5.32 Å². The first kappa shape index (κ1) is 15.3. The normalized spacial score (nSPS) is 11.2. The first-order valence-corrected chi connectivity index (χ1v) is 8.58. The number of pyridine rings is 1. The van der Waals surface area contributed by atoms with E-state index in [0.29, 0.717) is 0 Å². The van der Waals surface area contributed by atoms with Gasteiger partial charge in [-0.2, -0.15) is 0 Å². The second-order valence-electron chi connectivity index (χ2n) is 5.37. The summed E-state index contributed by atoms with van der Waals surface area (Å²) in [7, 11) is 0. The van der Waals surface area contributed by atoms with Crippen LogP contribution in [0.2, 0.25) is 0 Å². The predicted octanol–water partition coefficient (Wildman–Crippen LogP) is 4.11. The lowest BCUT2D eigenvalue weighted by Gasteiger charge is -2.07. The van der Waals surface area contributed by atoms with Crippen LogP contribution in [0.15, 0.2) is 72.6 Å². The van der Waals surface area contributed by atoms with Crippen LogP contribution in [-0.2, 0) is 4.79 Å². The van der Waals surface area contributed by atoms with E-state index in [1.165, 1.54) is 6.08 Å². The zero-order chi connectivity index (χ0) is 17.1. The van der Waals surface area contributed by atoms with Crippen molar-refractivity contribution in [3.05, 3.63) is 78.2 Å². The van der Waals surface area contributed by atoms with Crippen molar-refractivity contribution >= 4 is 34.0 Å². The molecule has 0 saturated carbocycles. The Kier molecular flexibility index (Phi) is 4.10. The molecule has 0 aliphatic carbocycles. The van der Waals surface area contributed by atoms with Gasteiger partial charge in [-0.15, -0.1) is 11.3 Å². The van der Waals surface area contributed by atoms with Crippen LogP contribution in [0.5, 0.6) is 0 Å². The molecular formula is C19H14N4OS. The minimum absolute atomic E-state index is 0.197. The minimum Gasteiger partial charge on any atom is -0.322 e. The first-order valence-electron chi connectivity index (χ1n) is 7.70. The molecular weight excluding hydrogens is 332 g/mol. The fourth-order valence-corrected chi connectivity index (χ4v) is 3.19. The van der Waals surface area contributed by atoms with Crippen molar-refractivity contribution in [2.24, 2.45) is 0 Å². The molecule has 3 aromatic heterocycles. The van der Waals surface area contributed by atoms with E-state index < -0.39 is 0 Å². The van der Waals surface area contributed by atoms with Crippen LogP contribution >= 0.6 is 11.3 Å². The van der Waals surface area contributed by atoms with E-state index in [9.17, 15) is 4.79 Å². The number of thiazole rings is 1. The second-order valence-corrected chi connectivity index (χ2v) is 6.25. The molecule has 25 heavy (non-hydrogen) atoms. The van der Waals surface area contributed by atoms with Gasteiger partial charge < -0.3 is 5.32 Å². The lowest BCUT2D eigenvalue weighted by molar-refractivity contribution is -0.111. The van der Waals surface area contributed by atoms with Crippen LogP contribution in [-0.4, -0.2) is 20.3 Å². The Morgan fingerprint density at radius 1 is 1.20 bits per heavy atom. The van der Waals surface area contributed by atoms with Crippen LogP contribution in [0.4, 0.5) is 5.69 Å². The molecule has 0 bridgehead atoms. The summed E-state index contributed by atoms with van der Waals surface area (Å²) in [5.74, 6) is -0.197. The van der Waals surface area contributed by atoms with Gasteiger partial charge in [0.25, 0.3) is 0 Å². The molecule has 122 valence electrons. The summed E-state index contributed by atoms with van der Waals surface area (Å²) in [6.45, 7) is 0. The maximum absolute atomic E-state index is 12.2. The Bertz CT molecular complexity index is 1020. The maximum atomic E-state index is 12.2. The molecule has 0 saturated heterocycles. The summed E-state index contributed by atoms with van der Waals surface area (Å²) >= 11 is 1.58. The largest absolute Gasteiger partial charge is 0.322 e. The molecule has 0 unspecified atom stereocenters. The van der Waals surface area contributed by atoms with Crippen molar-refractivity contribution in [1.29, 1.82) is 0 Å². The van der Waals surface area contributed by atoms with Crippen molar-refractivity contribution in [2.75, 3.05) is 5.32 Å². The van der Waals surface area contributed by atoms with Gasteiger partial charge in [0.05, 0.1) is 11.4 Å². The number of hydrogen-bond donors (Lipinski definition) is 1. The van der Waals surface area contributed by atoms with E-state index in [0.717, 1.165) is 27.5 Å². The van der Waals surface area contributed by atoms with Crippen molar-refractivity contribution in [3.8, 4) is 11.3 Å². The number of carbonyl (C=O) groups excluding carboxylic acids is 1. The number of amides is 1. The molecule has 5 nitrogen and oxygen atoms in total. The van der Waals surface area contributed by atoms with E-state index in [-0.39, 0.29) is 5.91 Å². The molecule has 4 aromatic rings.